The lowest BCUT2D eigenvalue weighted by molar-refractivity contribution is 0.353. The summed E-state index contributed by atoms with van der Waals surface area (Å²) >= 11 is 0. The number of anilines is 6. The summed E-state index contributed by atoms with van der Waals surface area (Å²) in [7, 11) is -1.12. The zero-order chi connectivity index (χ0) is 42.8. The number of nitrogens with zero attached hydrogens (tertiary/aromatic N) is 2. The molecule has 4 aliphatic heterocycles. The van der Waals surface area contributed by atoms with Crippen molar-refractivity contribution in [3.8, 4) is 34.5 Å². The van der Waals surface area contributed by atoms with E-state index in [1.54, 1.807) is 0 Å². The fourth-order valence-electron chi connectivity index (χ4n) is 9.65. The molecule has 0 amide bonds. The minimum absolute atomic E-state index is 0.223. The van der Waals surface area contributed by atoms with Crippen LogP contribution in [0.3, 0.4) is 0 Å². The van der Waals surface area contributed by atoms with Gasteiger partial charge in [0.15, 0.2) is 5.75 Å². The van der Waals surface area contributed by atoms with Gasteiger partial charge >= 0.3 is 0 Å². The van der Waals surface area contributed by atoms with Gasteiger partial charge in [0.25, 0.3) is 6.71 Å². The van der Waals surface area contributed by atoms with Crippen LogP contribution in [0.1, 0.15) is 0 Å². The second-order valence-electron chi connectivity index (χ2n) is 16.3. The molecule has 0 bridgehead atoms. The highest BCUT2D eigenvalue weighted by Crippen LogP contribution is 2.60. The summed E-state index contributed by atoms with van der Waals surface area (Å²) in [6.45, 7) is 0.0289. The average Bonchev–Trinajstić information content (AvgIpc) is 3.73. The lowest BCUT2D eigenvalue weighted by atomic mass is 9.39. The molecular formula is C56H38BN2O5P. The maximum Gasteiger partial charge on any atom is 0.273 e. The van der Waals surface area contributed by atoms with Crippen LogP contribution >= 0.6 is 7.92 Å². The van der Waals surface area contributed by atoms with Gasteiger partial charge in [-0.25, -0.2) is 0 Å². The molecule has 4 aliphatic rings. The lowest BCUT2D eigenvalue weighted by Gasteiger charge is -2.38. The van der Waals surface area contributed by atoms with Gasteiger partial charge in [-0.15, -0.1) is 0 Å². The molecule has 0 aliphatic carbocycles. The highest BCUT2D eigenvalue weighted by atomic mass is 31.1. The standard InChI is InChI=1S/C56H38BN2O5P/c1-5-17-37(18-6-1)58(38-19-7-2-8-20-38)41-33-47-53-48(34-41)63-54-43-25-13-14-26-44(43)64-56(54)57(53)31-29-52-46(30-32-60-47)62-50-36-42(35-49-55(50)65(52)51-28-16-15-27-45(51)61-49)59(39-21-9-3-10-22-39)40-23-11-4-12-24-40/h1-30,33-36H,31-32H2/b46-30+,52-29+. The van der Waals surface area contributed by atoms with E-state index in [1.807, 2.05) is 48.5 Å². The fourth-order valence-corrected chi connectivity index (χ4v) is 12.3. The number of ether oxygens (including phenoxy) is 4. The van der Waals surface area contributed by atoms with E-state index < -0.39 is 7.92 Å². The molecule has 7 nitrogen and oxygen atoms in total. The number of hydrogen-bond acceptors (Lipinski definition) is 7. The van der Waals surface area contributed by atoms with E-state index in [9.17, 15) is 0 Å². The summed E-state index contributed by atoms with van der Waals surface area (Å²) in [5.41, 5.74) is 8.48. The van der Waals surface area contributed by atoms with E-state index in [0.29, 0.717) is 6.32 Å². The van der Waals surface area contributed by atoms with E-state index in [0.717, 1.165) is 112 Å². The summed E-state index contributed by atoms with van der Waals surface area (Å²) in [5, 5.41) is 4.27. The van der Waals surface area contributed by atoms with Crippen LogP contribution in [0, 0.1) is 0 Å². The van der Waals surface area contributed by atoms with Crippen LogP contribution < -0.4 is 50.5 Å². The predicted molar refractivity (Wildman–Crippen MR) is 263 cm³/mol. The summed E-state index contributed by atoms with van der Waals surface area (Å²) in [6, 6.07) is 66.8. The predicted octanol–water partition coefficient (Wildman–Crippen LogP) is 12.9. The van der Waals surface area contributed by atoms with Gasteiger partial charge in [0.2, 0.25) is 0 Å². The molecule has 1 aromatic heterocycles. The van der Waals surface area contributed by atoms with Crippen LogP contribution in [0.15, 0.2) is 222 Å². The van der Waals surface area contributed by atoms with E-state index in [4.69, 9.17) is 23.4 Å². The molecule has 9 heteroatoms. The Morgan fingerprint density at radius 1 is 0.462 bits per heavy atom. The van der Waals surface area contributed by atoms with E-state index in [-0.39, 0.29) is 13.3 Å². The van der Waals surface area contributed by atoms with E-state index in [1.165, 1.54) is 0 Å². The minimum atomic E-state index is -1.12. The molecule has 0 N–H and O–H groups in total. The Bertz CT molecular complexity index is 3280. The molecule has 13 rings (SSSR count). The summed E-state index contributed by atoms with van der Waals surface area (Å²) in [6.07, 6.45) is 5.08. The van der Waals surface area contributed by atoms with Crippen molar-refractivity contribution in [3.05, 3.63) is 217 Å². The van der Waals surface area contributed by atoms with Crippen molar-refractivity contribution in [3.63, 3.8) is 0 Å². The molecule has 1 unspecified atom stereocenters. The minimum Gasteiger partial charge on any atom is -0.490 e. The van der Waals surface area contributed by atoms with Crippen molar-refractivity contribution >= 4 is 81.5 Å². The molecule has 5 heterocycles. The molecule has 0 radical (unpaired) electrons. The van der Waals surface area contributed by atoms with Crippen molar-refractivity contribution in [2.75, 3.05) is 16.4 Å². The molecule has 0 fully saturated rings. The number of benzene rings is 8. The first-order valence-electron chi connectivity index (χ1n) is 21.9. The summed E-state index contributed by atoms with van der Waals surface area (Å²) in [5.74, 6) is 5.40. The molecule has 310 valence electrons. The smallest absolute Gasteiger partial charge is 0.273 e. The van der Waals surface area contributed by atoms with E-state index >= 15 is 0 Å². The van der Waals surface area contributed by atoms with Crippen molar-refractivity contribution in [1.82, 2.24) is 0 Å². The number of furan rings is 1. The van der Waals surface area contributed by atoms with Crippen LogP contribution in [-0.4, -0.2) is 13.3 Å². The first-order valence-corrected chi connectivity index (χ1v) is 23.2. The molecule has 8 aromatic carbocycles. The Hall–Kier alpha value is -7.93. The first-order chi connectivity index (χ1) is 32.2. The zero-order valence-corrected chi connectivity index (χ0v) is 35.9. The number of allylic oxidation sites excluding steroid dienone is 2. The van der Waals surface area contributed by atoms with Gasteiger partial charge < -0.3 is 33.2 Å². The quantitative estimate of drug-likeness (QED) is 0.122. The summed E-state index contributed by atoms with van der Waals surface area (Å²) < 4.78 is 34.8. The average molecular weight is 861 g/mol. The fraction of sp³-hybridized carbons (Fsp3) is 0.0357. The number of para-hydroxylation sites is 6. The Labute approximate surface area is 377 Å². The second kappa shape index (κ2) is 15.4. The number of hydrogen-bond donors (Lipinski definition) is 0. The van der Waals surface area contributed by atoms with Crippen molar-refractivity contribution in [2.45, 2.75) is 6.32 Å². The first kappa shape index (κ1) is 37.6. The monoisotopic (exact) mass is 860 g/mol. The summed E-state index contributed by atoms with van der Waals surface area (Å²) in [4.78, 5) is 4.49. The van der Waals surface area contributed by atoms with Gasteiger partial charge in [0.05, 0.1) is 22.1 Å². The normalized spacial score (nSPS) is 16.7. The third kappa shape index (κ3) is 6.32. The van der Waals surface area contributed by atoms with Crippen LogP contribution in [0.5, 0.6) is 34.5 Å². The maximum atomic E-state index is 7.15. The van der Waals surface area contributed by atoms with E-state index in [2.05, 4.69) is 168 Å². The topological polar surface area (TPSA) is 56.5 Å². The third-order valence-electron chi connectivity index (χ3n) is 12.5. The highest BCUT2D eigenvalue weighted by molar-refractivity contribution is 7.77. The van der Waals surface area contributed by atoms with Crippen molar-refractivity contribution in [2.24, 2.45) is 0 Å². The molecular weight excluding hydrogens is 822 g/mol. The Morgan fingerprint density at radius 2 is 1.00 bits per heavy atom. The second-order valence-corrected chi connectivity index (χ2v) is 18.4. The van der Waals surface area contributed by atoms with Crippen LogP contribution in [-0.2, 0) is 0 Å². The van der Waals surface area contributed by atoms with Gasteiger partial charge in [-0.2, -0.15) is 0 Å². The van der Waals surface area contributed by atoms with Crippen LogP contribution in [0.4, 0.5) is 34.1 Å². The Kier molecular flexibility index (Phi) is 8.91. The van der Waals surface area contributed by atoms with Crippen LogP contribution in [0.25, 0.3) is 11.0 Å². The molecule has 1 atom stereocenters. The highest BCUT2D eigenvalue weighted by Gasteiger charge is 2.43. The van der Waals surface area contributed by atoms with Gasteiger partial charge in [-0.05, 0) is 79.1 Å². The van der Waals surface area contributed by atoms with Gasteiger partial charge in [-0.3, -0.25) is 0 Å². The maximum absolute atomic E-state index is 7.15. The molecule has 65 heavy (non-hydrogen) atoms. The lowest BCUT2D eigenvalue weighted by Crippen LogP contribution is -2.46. The van der Waals surface area contributed by atoms with Crippen LogP contribution in [0.2, 0.25) is 6.32 Å². The molecule has 9 aromatic rings. The van der Waals surface area contributed by atoms with Gasteiger partial charge in [0.1, 0.15) is 52.4 Å². The number of fused-ring (bicyclic) bond motifs is 8. The SMILES string of the molecule is C1=C2/Oc3cc(N(c4ccccc4)c4ccccc4)cc4c3P(/C2=C/CB2c3oc5ccccc5c3Oc3cc(N(c5ccccc5)c5ccccc5)cc(c32)OC/1)c1ccccc1O4. The molecule has 0 saturated heterocycles. The van der Waals surface area contributed by atoms with Crippen molar-refractivity contribution < 1.29 is 23.4 Å². The van der Waals surface area contributed by atoms with Gasteiger partial charge in [0, 0.05) is 71.0 Å². The van der Waals surface area contributed by atoms with Crippen molar-refractivity contribution in [1.29, 1.82) is 0 Å². The largest absolute Gasteiger partial charge is 0.490 e. The number of rotatable bonds is 6. The Morgan fingerprint density at radius 3 is 1.65 bits per heavy atom. The molecule has 0 spiro atoms. The molecule has 0 saturated carbocycles. The zero-order valence-electron chi connectivity index (χ0n) is 35.0. The third-order valence-corrected chi connectivity index (χ3v) is 15.1. The Balaban J connectivity index is 0.994. The van der Waals surface area contributed by atoms with Gasteiger partial charge in [-0.1, -0.05) is 109 Å².